The molecule has 0 unspecified atom stereocenters. The van der Waals surface area contributed by atoms with Crippen molar-refractivity contribution in [3.63, 3.8) is 0 Å². The Morgan fingerprint density at radius 3 is 2.88 bits per heavy atom. The fraction of sp³-hybridized carbons (Fsp3) is 0. The average molecular weight is 230 g/mol. The summed E-state index contributed by atoms with van der Waals surface area (Å²) in [6, 6.07) is 7.51. The van der Waals surface area contributed by atoms with Crippen LogP contribution >= 0.6 is 0 Å². The van der Waals surface area contributed by atoms with Gasteiger partial charge in [0, 0.05) is 24.4 Å². The van der Waals surface area contributed by atoms with Gasteiger partial charge in [0.15, 0.2) is 0 Å². The smallest absolute Gasteiger partial charge is 0.347 e. The summed E-state index contributed by atoms with van der Waals surface area (Å²) >= 11 is 0. The van der Waals surface area contributed by atoms with Crippen LogP contribution in [0.2, 0.25) is 0 Å². The highest BCUT2D eigenvalue weighted by atomic mass is 16.6. The maximum Gasteiger partial charge on any atom is 0.347 e. The number of nitrogens with zero attached hydrogens (tertiary/aromatic N) is 2. The van der Waals surface area contributed by atoms with Gasteiger partial charge in [-0.3, -0.25) is 14.5 Å². The molecule has 0 N–H and O–H groups in total. The van der Waals surface area contributed by atoms with Crippen molar-refractivity contribution in [2.24, 2.45) is 0 Å². The summed E-state index contributed by atoms with van der Waals surface area (Å²) in [5, 5.41) is 10.8. The zero-order chi connectivity index (χ0) is 12.0. The van der Waals surface area contributed by atoms with Gasteiger partial charge in [0.1, 0.15) is 0 Å². The summed E-state index contributed by atoms with van der Waals surface area (Å²) in [5.41, 5.74) is 0.300. The van der Waals surface area contributed by atoms with E-state index in [1.165, 1.54) is 18.2 Å². The Kier molecular flexibility index (Phi) is 1.79. The lowest BCUT2D eigenvalue weighted by Crippen LogP contribution is -2.03. The van der Waals surface area contributed by atoms with Crippen LogP contribution in [0, 0.1) is 10.1 Å². The number of hydrogen-bond acceptors (Lipinski definition) is 4. The van der Waals surface area contributed by atoms with Crippen molar-refractivity contribution in [2.45, 2.75) is 0 Å². The van der Waals surface area contributed by atoms with Crippen molar-refractivity contribution < 1.29 is 9.34 Å². The summed E-state index contributed by atoms with van der Waals surface area (Å²) in [5.74, 6) is 0. The molecule has 3 aromatic rings. The number of nitro benzene ring substituents is 1. The third kappa shape index (κ3) is 1.31. The lowest BCUT2D eigenvalue weighted by Gasteiger charge is -2.00. The molecule has 0 bridgehead atoms. The molecule has 1 aromatic carbocycles. The lowest BCUT2D eigenvalue weighted by molar-refractivity contribution is -0.384. The van der Waals surface area contributed by atoms with Gasteiger partial charge < -0.3 is 4.42 Å². The average Bonchev–Trinajstić information content (AvgIpc) is 2.76. The van der Waals surface area contributed by atoms with E-state index in [0.717, 1.165) is 0 Å². The number of hydrogen-bond donors (Lipinski definition) is 0. The molecule has 3 rings (SSSR count). The van der Waals surface area contributed by atoms with Gasteiger partial charge in [-0.1, -0.05) is 0 Å². The molecule has 0 aliphatic carbocycles. The predicted molar refractivity (Wildman–Crippen MR) is 60.1 cm³/mol. The summed E-state index contributed by atoms with van der Waals surface area (Å²) in [6.07, 6.45) is 1.73. The molecular formula is C11H6N2O4. The van der Waals surface area contributed by atoms with Gasteiger partial charge >= 0.3 is 5.63 Å². The second-order valence-corrected chi connectivity index (χ2v) is 3.56. The van der Waals surface area contributed by atoms with Crippen molar-refractivity contribution in [2.75, 3.05) is 0 Å². The SMILES string of the molecule is O=c1oc2cccn2c2ccc([N+](=O)[O-])cc12. The Hall–Kier alpha value is -2.63. The highest BCUT2D eigenvalue weighted by Gasteiger charge is 2.11. The van der Waals surface area contributed by atoms with Gasteiger partial charge in [-0.25, -0.2) is 4.79 Å². The number of benzene rings is 1. The number of nitro groups is 1. The topological polar surface area (TPSA) is 77.8 Å². The monoisotopic (exact) mass is 230 g/mol. The molecule has 0 saturated carbocycles. The molecule has 0 saturated heterocycles. The normalized spacial score (nSPS) is 11.1. The van der Waals surface area contributed by atoms with Crippen LogP contribution in [0.4, 0.5) is 5.69 Å². The summed E-state index contributed by atoms with van der Waals surface area (Å²) in [4.78, 5) is 21.8. The molecule has 0 radical (unpaired) electrons. The summed E-state index contributed by atoms with van der Waals surface area (Å²) < 4.78 is 6.70. The molecule has 0 fully saturated rings. The molecule has 2 heterocycles. The highest BCUT2D eigenvalue weighted by molar-refractivity contribution is 5.82. The zero-order valence-electron chi connectivity index (χ0n) is 8.49. The molecular weight excluding hydrogens is 224 g/mol. The largest absolute Gasteiger partial charge is 0.405 e. The van der Waals surface area contributed by atoms with E-state index in [9.17, 15) is 14.9 Å². The van der Waals surface area contributed by atoms with Crippen molar-refractivity contribution in [3.05, 3.63) is 57.1 Å². The third-order valence-electron chi connectivity index (χ3n) is 2.58. The molecule has 0 aliphatic heterocycles. The predicted octanol–water partition coefficient (Wildman–Crippen LogP) is 1.95. The molecule has 0 aliphatic rings. The second-order valence-electron chi connectivity index (χ2n) is 3.56. The number of fused-ring (bicyclic) bond motifs is 3. The van der Waals surface area contributed by atoms with E-state index in [-0.39, 0.29) is 11.1 Å². The van der Waals surface area contributed by atoms with Crippen LogP contribution in [0.15, 0.2) is 45.7 Å². The van der Waals surface area contributed by atoms with Crippen LogP contribution in [0.1, 0.15) is 0 Å². The first-order chi connectivity index (χ1) is 8.16. The maximum atomic E-state index is 11.7. The van der Waals surface area contributed by atoms with Crippen LogP contribution in [0.3, 0.4) is 0 Å². The first-order valence-corrected chi connectivity index (χ1v) is 4.85. The van der Waals surface area contributed by atoms with E-state index in [2.05, 4.69) is 0 Å². The Bertz CT molecular complexity index is 800. The van der Waals surface area contributed by atoms with Gasteiger partial charge in [-0.05, 0) is 12.1 Å². The zero-order valence-corrected chi connectivity index (χ0v) is 8.49. The van der Waals surface area contributed by atoms with Crippen LogP contribution in [0.5, 0.6) is 0 Å². The van der Waals surface area contributed by atoms with Crippen molar-refractivity contribution in [1.29, 1.82) is 0 Å². The first kappa shape index (κ1) is 9.59. The molecule has 84 valence electrons. The van der Waals surface area contributed by atoms with E-state index in [1.54, 1.807) is 22.7 Å². The number of rotatable bonds is 1. The second kappa shape index (κ2) is 3.18. The van der Waals surface area contributed by atoms with Gasteiger partial charge in [0.2, 0.25) is 5.71 Å². The third-order valence-corrected chi connectivity index (χ3v) is 2.58. The summed E-state index contributed by atoms with van der Waals surface area (Å²) in [6.45, 7) is 0. The minimum absolute atomic E-state index is 0.128. The molecule has 2 aromatic heterocycles. The molecule has 0 spiro atoms. The van der Waals surface area contributed by atoms with Crippen molar-refractivity contribution >= 4 is 22.3 Å². The Balaban J connectivity index is 2.52. The Labute approximate surface area is 93.9 Å². The van der Waals surface area contributed by atoms with E-state index in [1.807, 2.05) is 0 Å². The molecule has 6 heteroatoms. The minimum Gasteiger partial charge on any atom is -0.405 e. The fourth-order valence-electron chi connectivity index (χ4n) is 1.81. The standard InChI is InChI=1S/C11H6N2O4/c14-11-8-6-7(13(15)16)3-4-9(8)12-5-1-2-10(12)17-11/h1-6H. The van der Waals surface area contributed by atoms with Crippen LogP contribution in [0.25, 0.3) is 16.6 Å². The van der Waals surface area contributed by atoms with Crippen LogP contribution in [-0.2, 0) is 0 Å². The molecule has 0 atom stereocenters. The summed E-state index contributed by atoms with van der Waals surface area (Å²) in [7, 11) is 0. The molecule has 0 amide bonds. The van der Waals surface area contributed by atoms with E-state index >= 15 is 0 Å². The van der Waals surface area contributed by atoms with Gasteiger partial charge in [0.05, 0.1) is 15.8 Å². The number of non-ortho nitro benzene ring substituents is 1. The van der Waals surface area contributed by atoms with Crippen LogP contribution in [-0.4, -0.2) is 9.32 Å². The lowest BCUT2D eigenvalue weighted by atomic mass is 10.2. The maximum absolute atomic E-state index is 11.7. The Morgan fingerprint density at radius 2 is 2.12 bits per heavy atom. The highest BCUT2D eigenvalue weighted by Crippen LogP contribution is 2.19. The number of aromatic nitrogens is 1. The molecule has 17 heavy (non-hydrogen) atoms. The van der Waals surface area contributed by atoms with E-state index in [4.69, 9.17) is 4.42 Å². The molecule has 6 nitrogen and oxygen atoms in total. The van der Waals surface area contributed by atoms with Gasteiger partial charge in [-0.15, -0.1) is 0 Å². The van der Waals surface area contributed by atoms with Crippen LogP contribution < -0.4 is 5.63 Å². The first-order valence-electron chi connectivity index (χ1n) is 4.85. The van der Waals surface area contributed by atoms with Gasteiger partial charge in [-0.2, -0.15) is 0 Å². The van der Waals surface area contributed by atoms with Crippen molar-refractivity contribution in [3.8, 4) is 0 Å². The fourth-order valence-corrected chi connectivity index (χ4v) is 1.81. The minimum atomic E-state index is -0.574. The van der Waals surface area contributed by atoms with E-state index in [0.29, 0.717) is 11.2 Å². The quantitative estimate of drug-likeness (QED) is 0.472. The van der Waals surface area contributed by atoms with E-state index < -0.39 is 10.5 Å². The van der Waals surface area contributed by atoms with Crippen molar-refractivity contribution in [1.82, 2.24) is 4.40 Å². The van der Waals surface area contributed by atoms with Gasteiger partial charge in [0.25, 0.3) is 5.69 Å². The Morgan fingerprint density at radius 1 is 1.29 bits per heavy atom.